The second kappa shape index (κ2) is 9.98. The highest BCUT2D eigenvalue weighted by Gasteiger charge is 2.08. The SMILES string of the molecule is CCNC(=O)CCCC(=O)Nc1ccc(C(=O)NCC(=O)O)cc1. The zero-order chi connectivity index (χ0) is 17.9. The molecule has 0 spiro atoms. The molecular formula is C16H21N3O5. The van der Waals surface area contributed by atoms with Crippen LogP contribution in [0.4, 0.5) is 5.69 Å². The summed E-state index contributed by atoms with van der Waals surface area (Å²) >= 11 is 0. The Morgan fingerprint density at radius 2 is 1.58 bits per heavy atom. The van der Waals surface area contributed by atoms with Crippen LogP contribution in [-0.2, 0) is 14.4 Å². The lowest BCUT2D eigenvalue weighted by atomic mass is 10.2. The Hall–Kier alpha value is -2.90. The Labute approximate surface area is 139 Å². The van der Waals surface area contributed by atoms with Gasteiger partial charge in [-0.05, 0) is 37.6 Å². The molecule has 130 valence electrons. The van der Waals surface area contributed by atoms with Gasteiger partial charge in [-0.2, -0.15) is 0 Å². The third-order valence-electron chi connectivity index (χ3n) is 3.01. The van der Waals surface area contributed by atoms with Crippen molar-refractivity contribution in [2.24, 2.45) is 0 Å². The van der Waals surface area contributed by atoms with Crippen LogP contribution in [0.15, 0.2) is 24.3 Å². The molecule has 0 fully saturated rings. The minimum atomic E-state index is -1.13. The summed E-state index contributed by atoms with van der Waals surface area (Å²) in [4.78, 5) is 45.1. The predicted octanol–water partition coefficient (Wildman–Crippen LogP) is 0.746. The van der Waals surface area contributed by atoms with E-state index in [-0.39, 0.29) is 18.2 Å². The number of carboxylic acid groups (broad SMARTS) is 1. The predicted molar refractivity (Wildman–Crippen MR) is 87.6 cm³/mol. The van der Waals surface area contributed by atoms with Crippen LogP contribution >= 0.6 is 0 Å². The number of amides is 3. The monoisotopic (exact) mass is 335 g/mol. The van der Waals surface area contributed by atoms with Gasteiger partial charge in [-0.1, -0.05) is 0 Å². The first-order valence-electron chi connectivity index (χ1n) is 7.59. The van der Waals surface area contributed by atoms with Crippen molar-refractivity contribution in [3.05, 3.63) is 29.8 Å². The molecule has 3 amide bonds. The topological polar surface area (TPSA) is 125 Å². The van der Waals surface area contributed by atoms with Crippen LogP contribution in [0.1, 0.15) is 36.5 Å². The average Bonchev–Trinajstić information content (AvgIpc) is 2.53. The molecule has 0 aliphatic heterocycles. The largest absolute Gasteiger partial charge is 0.480 e. The molecule has 24 heavy (non-hydrogen) atoms. The summed E-state index contributed by atoms with van der Waals surface area (Å²) in [6.45, 7) is 1.94. The molecule has 0 unspecified atom stereocenters. The second-order valence-corrected chi connectivity index (χ2v) is 5.01. The summed E-state index contributed by atoms with van der Waals surface area (Å²) < 4.78 is 0. The van der Waals surface area contributed by atoms with Crippen LogP contribution in [-0.4, -0.2) is 41.9 Å². The van der Waals surface area contributed by atoms with E-state index in [9.17, 15) is 19.2 Å². The molecule has 0 bridgehead atoms. The zero-order valence-electron chi connectivity index (χ0n) is 13.4. The van der Waals surface area contributed by atoms with Crippen molar-refractivity contribution in [1.82, 2.24) is 10.6 Å². The standard InChI is InChI=1S/C16H21N3O5/c1-2-17-13(20)4-3-5-14(21)19-12-8-6-11(7-9-12)16(24)18-10-15(22)23/h6-9H,2-5,10H2,1H3,(H,17,20)(H,18,24)(H,19,21)(H,22,23). The van der Waals surface area contributed by atoms with Gasteiger partial charge in [-0.25, -0.2) is 0 Å². The summed E-state index contributed by atoms with van der Waals surface area (Å²) in [5.74, 6) is -1.93. The van der Waals surface area contributed by atoms with E-state index in [1.54, 1.807) is 12.1 Å². The number of carbonyl (C=O) groups is 4. The first-order chi connectivity index (χ1) is 11.4. The van der Waals surface area contributed by atoms with Crippen LogP contribution in [0.5, 0.6) is 0 Å². The number of hydrogen-bond acceptors (Lipinski definition) is 4. The quantitative estimate of drug-likeness (QED) is 0.530. The van der Waals surface area contributed by atoms with Gasteiger partial charge in [0.15, 0.2) is 0 Å². The van der Waals surface area contributed by atoms with Crippen molar-refractivity contribution in [1.29, 1.82) is 0 Å². The van der Waals surface area contributed by atoms with Crippen molar-refractivity contribution in [2.45, 2.75) is 26.2 Å². The Kier molecular flexibility index (Phi) is 7.97. The smallest absolute Gasteiger partial charge is 0.322 e. The average molecular weight is 335 g/mol. The van der Waals surface area contributed by atoms with Crippen LogP contribution in [0.3, 0.4) is 0 Å². The Balaban J connectivity index is 2.40. The van der Waals surface area contributed by atoms with Gasteiger partial charge in [0.05, 0.1) is 0 Å². The van der Waals surface area contributed by atoms with Gasteiger partial charge < -0.3 is 21.1 Å². The number of carbonyl (C=O) groups excluding carboxylic acids is 3. The Bertz CT molecular complexity index is 598. The maximum atomic E-state index is 11.8. The summed E-state index contributed by atoms with van der Waals surface area (Å²) in [6, 6.07) is 6.08. The molecule has 1 aromatic rings. The third-order valence-corrected chi connectivity index (χ3v) is 3.01. The highest BCUT2D eigenvalue weighted by Crippen LogP contribution is 2.10. The lowest BCUT2D eigenvalue weighted by Crippen LogP contribution is -2.29. The summed E-state index contributed by atoms with van der Waals surface area (Å²) in [5.41, 5.74) is 0.818. The lowest BCUT2D eigenvalue weighted by molar-refractivity contribution is -0.135. The molecular weight excluding hydrogens is 314 g/mol. The molecule has 0 aliphatic rings. The number of aliphatic carboxylic acids is 1. The van der Waals surface area contributed by atoms with Gasteiger partial charge in [0.25, 0.3) is 5.91 Å². The maximum absolute atomic E-state index is 11.8. The number of benzene rings is 1. The summed E-state index contributed by atoms with van der Waals surface area (Å²) in [5, 5.41) is 16.1. The first-order valence-corrected chi connectivity index (χ1v) is 7.59. The van der Waals surface area contributed by atoms with Gasteiger partial charge in [-0.3, -0.25) is 19.2 Å². The van der Waals surface area contributed by atoms with E-state index in [4.69, 9.17) is 5.11 Å². The Morgan fingerprint density at radius 1 is 0.958 bits per heavy atom. The van der Waals surface area contributed by atoms with Gasteiger partial charge in [-0.15, -0.1) is 0 Å². The fourth-order valence-corrected chi connectivity index (χ4v) is 1.88. The fourth-order valence-electron chi connectivity index (χ4n) is 1.88. The Morgan fingerprint density at radius 3 is 2.17 bits per heavy atom. The molecule has 0 heterocycles. The molecule has 1 rings (SSSR count). The molecule has 4 N–H and O–H groups in total. The zero-order valence-corrected chi connectivity index (χ0v) is 13.4. The summed E-state index contributed by atoms with van der Waals surface area (Å²) in [6.07, 6.45) is 0.968. The van der Waals surface area contributed by atoms with Gasteiger partial charge in [0, 0.05) is 30.6 Å². The number of rotatable bonds is 9. The molecule has 0 saturated carbocycles. The minimum Gasteiger partial charge on any atom is -0.480 e. The third kappa shape index (κ3) is 7.39. The van der Waals surface area contributed by atoms with Crippen molar-refractivity contribution in [3.63, 3.8) is 0 Å². The van der Waals surface area contributed by atoms with E-state index in [0.717, 1.165) is 0 Å². The van der Waals surface area contributed by atoms with Crippen molar-refractivity contribution >= 4 is 29.4 Å². The molecule has 1 aromatic carbocycles. The molecule has 0 saturated heterocycles. The number of carboxylic acids is 1. The number of nitrogens with one attached hydrogen (secondary N) is 3. The fraction of sp³-hybridized carbons (Fsp3) is 0.375. The van der Waals surface area contributed by atoms with Crippen LogP contribution < -0.4 is 16.0 Å². The molecule has 8 nitrogen and oxygen atoms in total. The van der Waals surface area contributed by atoms with Crippen molar-refractivity contribution in [2.75, 3.05) is 18.4 Å². The van der Waals surface area contributed by atoms with Crippen LogP contribution in [0, 0.1) is 0 Å². The number of hydrogen-bond donors (Lipinski definition) is 4. The normalized spacial score (nSPS) is 9.88. The molecule has 0 radical (unpaired) electrons. The number of anilines is 1. The van der Waals surface area contributed by atoms with Crippen LogP contribution in [0.25, 0.3) is 0 Å². The van der Waals surface area contributed by atoms with E-state index in [1.807, 2.05) is 6.92 Å². The van der Waals surface area contributed by atoms with E-state index in [1.165, 1.54) is 12.1 Å². The minimum absolute atomic E-state index is 0.0815. The molecule has 0 aromatic heterocycles. The van der Waals surface area contributed by atoms with E-state index in [2.05, 4.69) is 16.0 Å². The van der Waals surface area contributed by atoms with Crippen LogP contribution in [0.2, 0.25) is 0 Å². The highest BCUT2D eigenvalue weighted by atomic mass is 16.4. The molecule has 0 aliphatic carbocycles. The van der Waals surface area contributed by atoms with Gasteiger partial charge in [0.2, 0.25) is 11.8 Å². The van der Waals surface area contributed by atoms with E-state index in [0.29, 0.717) is 30.6 Å². The van der Waals surface area contributed by atoms with Crippen molar-refractivity contribution < 1.29 is 24.3 Å². The van der Waals surface area contributed by atoms with Crippen molar-refractivity contribution in [3.8, 4) is 0 Å². The maximum Gasteiger partial charge on any atom is 0.322 e. The molecule has 8 heteroatoms. The second-order valence-electron chi connectivity index (χ2n) is 5.01. The summed E-state index contributed by atoms with van der Waals surface area (Å²) in [7, 11) is 0. The lowest BCUT2D eigenvalue weighted by Gasteiger charge is -2.07. The van der Waals surface area contributed by atoms with Gasteiger partial charge >= 0.3 is 5.97 Å². The van der Waals surface area contributed by atoms with Gasteiger partial charge in [0.1, 0.15) is 6.54 Å². The van der Waals surface area contributed by atoms with E-state index < -0.39 is 18.4 Å². The molecule has 0 atom stereocenters. The van der Waals surface area contributed by atoms with E-state index >= 15 is 0 Å². The highest BCUT2D eigenvalue weighted by molar-refractivity contribution is 5.97. The first kappa shape index (κ1) is 19.1.